The Hall–Kier alpha value is -5.68. The van der Waals surface area contributed by atoms with E-state index in [0.717, 1.165) is 115 Å². The Labute approximate surface area is 311 Å². The molecule has 4 nitrogen and oxygen atoms in total. The average molecular weight is 689 g/mol. The third-order valence-corrected chi connectivity index (χ3v) is 8.96. The molecule has 0 amide bonds. The summed E-state index contributed by atoms with van der Waals surface area (Å²) >= 11 is 0. The van der Waals surface area contributed by atoms with E-state index in [1.54, 1.807) is 0 Å². The minimum atomic E-state index is 0.493. The van der Waals surface area contributed by atoms with Gasteiger partial charge in [0, 0.05) is 92.4 Å². The third kappa shape index (κ3) is 8.60. The Morgan fingerprint density at radius 1 is 0.365 bits per heavy atom. The molecule has 8 bridgehead atoms. The summed E-state index contributed by atoms with van der Waals surface area (Å²) in [5.41, 5.74) is 10.7. The van der Waals surface area contributed by atoms with Crippen LogP contribution < -0.4 is 18.9 Å². The quantitative estimate of drug-likeness (QED) is 0.122. The van der Waals surface area contributed by atoms with E-state index >= 15 is 0 Å². The van der Waals surface area contributed by atoms with Crippen LogP contribution in [0.5, 0.6) is 23.0 Å². The molecule has 0 saturated carbocycles. The fourth-order valence-electron chi connectivity index (χ4n) is 6.78. The van der Waals surface area contributed by atoms with E-state index in [-0.39, 0.29) is 0 Å². The van der Waals surface area contributed by atoms with Gasteiger partial charge < -0.3 is 18.9 Å². The number of hydrogen-bond donors (Lipinski definition) is 0. The lowest BCUT2D eigenvalue weighted by molar-refractivity contribution is 0.304. The molecule has 0 heterocycles. The number of hydrogen-bond acceptors (Lipinski definition) is 4. The van der Waals surface area contributed by atoms with Crippen molar-refractivity contribution in [2.75, 3.05) is 26.4 Å². The molecule has 1 aliphatic carbocycles. The highest BCUT2D eigenvalue weighted by Gasteiger charge is 2.24. The Morgan fingerprint density at radius 2 is 0.538 bits per heavy atom. The van der Waals surface area contributed by atoms with E-state index < -0.39 is 0 Å². The molecular formula is C48H48O4. The first-order valence-electron chi connectivity index (χ1n) is 18.4. The zero-order chi connectivity index (χ0) is 37.0. The van der Waals surface area contributed by atoms with Crippen LogP contribution in [0.4, 0.5) is 0 Å². The van der Waals surface area contributed by atoms with E-state index in [1.165, 1.54) is 0 Å². The van der Waals surface area contributed by atoms with Crippen LogP contribution in [-0.2, 0) is 25.7 Å². The standard InChI is InChI=1S/C48H48O4/c1-9-17-49-45-37-21-33(13-5)22-38(45)30-40-24-35(15-7)26-42(47(40)51-19-11-3)32-44-28-36(16-8)27-43(48(44)52-20-12-4)31-41-25-34(14-6)23-39(29-37)46(41)50-18-10-2/h5-8,21-28H,9-12,17-20,29-32H2,1-4H3. The second-order valence-corrected chi connectivity index (χ2v) is 13.2. The molecule has 1 aliphatic rings. The fourth-order valence-corrected chi connectivity index (χ4v) is 6.78. The number of rotatable bonds is 12. The topological polar surface area (TPSA) is 36.9 Å². The maximum atomic E-state index is 6.61. The van der Waals surface area contributed by atoms with Gasteiger partial charge in [-0.3, -0.25) is 0 Å². The molecule has 0 fully saturated rings. The van der Waals surface area contributed by atoms with Gasteiger partial charge in [-0.25, -0.2) is 0 Å². The molecule has 4 aromatic rings. The summed E-state index contributed by atoms with van der Waals surface area (Å²) in [5, 5.41) is 0. The molecule has 52 heavy (non-hydrogen) atoms. The summed E-state index contributed by atoms with van der Waals surface area (Å²) in [6.45, 7) is 10.6. The molecule has 0 atom stereocenters. The van der Waals surface area contributed by atoms with Crippen LogP contribution in [0, 0.1) is 49.4 Å². The second-order valence-electron chi connectivity index (χ2n) is 13.2. The number of terminal acetylenes is 4. The lowest BCUT2D eigenvalue weighted by atomic mass is 9.88. The van der Waals surface area contributed by atoms with Gasteiger partial charge in [0.25, 0.3) is 0 Å². The Kier molecular flexibility index (Phi) is 13.0. The van der Waals surface area contributed by atoms with Crippen molar-refractivity contribution in [2.24, 2.45) is 0 Å². The molecule has 0 radical (unpaired) electrons. The number of ether oxygens (including phenoxy) is 4. The normalized spacial score (nSPS) is 11.7. The monoisotopic (exact) mass is 688 g/mol. The number of benzene rings is 4. The second kappa shape index (κ2) is 18.0. The van der Waals surface area contributed by atoms with Crippen molar-refractivity contribution in [3.8, 4) is 72.4 Å². The van der Waals surface area contributed by atoms with E-state index in [2.05, 4.69) is 51.4 Å². The van der Waals surface area contributed by atoms with Gasteiger partial charge in [-0.2, -0.15) is 0 Å². The van der Waals surface area contributed by atoms with Crippen molar-refractivity contribution < 1.29 is 18.9 Å². The average Bonchev–Trinajstić information content (AvgIpc) is 3.15. The van der Waals surface area contributed by atoms with Crippen molar-refractivity contribution in [1.82, 2.24) is 0 Å². The molecule has 0 aliphatic heterocycles. The van der Waals surface area contributed by atoms with E-state index in [4.69, 9.17) is 44.6 Å². The maximum absolute atomic E-state index is 6.61. The summed E-state index contributed by atoms with van der Waals surface area (Å²) in [4.78, 5) is 0. The van der Waals surface area contributed by atoms with Crippen LogP contribution in [0.15, 0.2) is 48.5 Å². The van der Waals surface area contributed by atoms with Gasteiger partial charge in [-0.1, -0.05) is 51.4 Å². The molecule has 0 aromatic heterocycles. The largest absolute Gasteiger partial charge is 0.493 e. The number of fused-ring (bicyclic) bond motifs is 8. The lowest BCUT2D eigenvalue weighted by Gasteiger charge is -2.24. The van der Waals surface area contributed by atoms with Gasteiger partial charge in [-0.05, 0) is 74.2 Å². The van der Waals surface area contributed by atoms with Crippen LogP contribution in [0.1, 0.15) is 120 Å². The van der Waals surface area contributed by atoms with Crippen molar-refractivity contribution in [1.29, 1.82) is 0 Å². The maximum Gasteiger partial charge on any atom is 0.126 e. The fraction of sp³-hybridized carbons (Fsp3) is 0.333. The summed E-state index contributed by atoms with van der Waals surface area (Å²) in [6.07, 6.45) is 29.8. The van der Waals surface area contributed by atoms with Gasteiger partial charge in [0.15, 0.2) is 0 Å². The molecule has 0 spiro atoms. The first-order valence-corrected chi connectivity index (χ1v) is 18.4. The summed E-state index contributed by atoms with van der Waals surface area (Å²) in [6, 6.07) is 16.3. The SMILES string of the molecule is C#Cc1cc2c(OCCC)c(c1)Cc1cc(C#C)cc(c1OCCC)Cc1cc(C#C)cc(c1OCCC)Cc1cc(C#C)cc(c1OCCC)C2. The van der Waals surface area contributed by atoms with Crippen LogP contribution in [0.3, 0.4) is 0 Å². The molecular weight excluding hydrogens is 641 g/mol. The first kappa shape index (κ1) is 37.6. The Bertz CT molecular complexity index is 1690. The van der Waals surface area contributed by atoms with Crippen molar-refractivity contribution in [3.63, 3.8) is 0 Å². The van der Waals surface area contributed by atoms with Crippen LogP contribution >= 0.6 is 0 Å². The van der Waals surface area contributed by atoms with E-state index in [1.807, 2.05) is 48.5 Å². The first-order chi connectivity index (χ1) is 25.4. The van der Waals surface area contributed by atoms with Gasteiger partial charge in [0.2, 0.25) is 0 Å². The molecule has 4 aromatic carbocycles. The Balaban J connectivity index is 1.91. The highest BCUT2D eigenvalue weighted by atomic mass is 16.5. The van der Waals surface area contributed by atoms with Crippen molar-refractivity contribution >= 4 is 0 Å². The lowest BCUT2D eigenvalue weighted by Crippen LogP contribution is -2.11. The zero-order valence-electron chi connectivity index (χ0n) is 31.0. The predicted octanol–water partition coefficient (Wildman–Crippen LogP) is 9.44. The van der Waals surface area contributed by atoms with Gasteiger partial charge in [0.1, 0.15) is 23.0 Å². The van der Waals surface area contributed by atoms with Gasteiger partial charge in [0.05, 0.1) is 26.4 Å². The van der Waals surface area contributed by atoms with Gasteiger partial charge >= 0.3 is 0 Å². The molecule has 264 valence electrons. The molecule has 0 N–H and O–H groups in total. The summed E-state index contributed by atoms with van der Waals surface area (Å²) < 4.78 is 26.4. The minimum absolute atomic E-state index is 0.493. The van der Waals surface area contributed by atoms with Crippen molar-refractivity contribution in [3.05, 3.63) is 115 Å². The summed E-state index contributed by atoms with van der Waals surface area (Å²) in [7, 11) is 0. The summed E-state index contributed by atoms with van der Waals surface area (Å²) in [5.74, 6) is 14.8. The highest BCUT2D eigenvalue weighted by molar-refractivity contribution is 5.61. The van der Waals surface area contributed by atoms with Crippen LogP contribution in [0.25, 0.3) is 0 Å². The smallest absolute Gasteiger partial charge is 0.126 e. The molecule has 4 heteroatoms. The van der Waals surface area contributed by atoms with Crippen LogP contribution in [-0.4, -0.2) is 26.4 Å². The Morgan fingerprint density at radius 3 is 0.673 bits per heavy atom. The molecule has 5 rings (SSSR count). The van der Waals surface area contributed by atoms with Crippen LogP contribution in [0.2, 0.25) is 0 Å². The van der Waals surface area contributed by atoms with Crippen molar-refractivity contribution in [2.45, 2.75) is 79.1 Å². The minimum Gasteiger partial charge on any atom is -0.493 e. The van der Waals surface area contributed by atoms with Gasteiger partial charge in [-0.15, -0.1) is 25.7 Å². The molecule has 0 unspecified atom stereocenters. The highest BCUT2D eigenvalue weighted by Crippen LogP contribution is 2.40. The van der Waals surface area contributed by atoms with E-state index in [0.29, 0.717) is 52.1 Å². The van der Waals surface area contributed by atoms with E-state index in [9.17, 15) is 0 Å². The predicted molar refractivity (Wildman–Crippen MR) is 212 cm³/mol. The molecule has 0 saturated heterocycles. The zero-order valence-corrected chi connectivity index (χ0v) is 31.0. The third-order valence-electron chi connectivity index (χ3n) is 8.96.